The largest absolute Gasteiger partial charge is 0.497 e. The molecule has 3 aromatic rings. The van der Waals surface area contributed by atoms with Crippen LogP contribution in [0, 0.1) is 13.8 Å². The summed E-state index contributed by atoms with van der Waals surface area (Å²) in [7, 11) is 3.17. The van der Waals surface area contributed by atoms with Crippen LogP contribution in [0.2, 0.25) is 0 Å². The summed E-state index contributed by atoms with van der Waals surface area (Å²) in [6.07, 6.45) is 0. The first-order valence-corrected chi connectivity index (χ1v) is 8.72. The quantitative estimate of drug-likeness (QED) is 0.671. The van der Waals surface area contributed by atoms with Crippen LogP contribution in [0.15, 0.2) is 48.5 Å². The molecule has 0 saturated carbocycles. The van der Waals surface area contributed by atoms with Crippen molar-refractivity contribution in [3.63, 3.8) is 0 Å². The highest BCUT2D eigenvalue weighted by molar-refractivity contribution is 6.03. The topological polar surface area (TPSA) is 85.4 Å². The lowest BCUT2D eigenvalue weighted by Crippen LogP contribution is -2.16. The summed E-state index contributed by atoms with van der Waals surface area (Å²) in [5, 5.41) is 6.06. The van der Waals surface area contributed by atoms with Gasteiger partial charge in [0.25, 0.3) is 5.91 Å². The summed E-state index contributed by atoms with van der Waals surface area (Å²) in [4.78, 5) is 21.3. The van der Waals surface area contributed by atoms with E-state index in [1.807, 2.05) is 31.2 Å². The Bertz CT molecular complexity index is 1000. The highest BCUT2D eigenvalue weighted by Crippen LogP contribution is 2.31. The lowest BCUT2D eigenvalue weighted by atomic mass is 10.2. The van der Waals surface area contributed by atoms with Gasteiger partial charge in [0.1, 0.15) is 28.8 Å². The van der Waals surface area contributed by atoms with Gasteiger partial charge >= 0.3 is 0 Å². The molecule has 2 N–H and O–H groups in total. The first-order chi connectivity index (χ1) is 13.5. The van der Waals surface area contributed by atoms with Crippen molar-refractivity contribution in [3.05, 3.63) is 65.6 Å². The van der Waals surface area contributed by atoms with Crippen LogP contribution in [-0.2, 0) is 0 Å². The Labute approximate surface area is 163 Å². The molecule has 0 aliphatic heterocycles. The van der Waals surface area contributed by atoms with Gasteiger partial charge < -0.3 is 20.1 Å². The predicted molar refractivity (Wildman–Crippen MR) is 109 cm³/mol. The first kappa shape index (κ1) is 19.2. The van der Waals surface area contributed by atoms with Crippen LogP contribution in [0.1, 0.15) is 21.9 Å². The average Bonchev–Trinajstić information content (AvgIpc) is 2.69. The molecule has 0 unspecified atom stereocenters. The molecule has 0 aliphatic rings. The van der Waals surface area contributed by atoms with Crippen molar-refractivity contribution in [2.75, 3.05) is 24.9 Å². The number of carbonyl (C=O) groups excluding carboxylic acids is 1. The second-order valence-corrected chi connectivity index (χ2v) is 6.15. The summed E-state index contributed by atoms with van der Waals surface area (Å²) in [5.74, 6) is 1.95. The van der Waals surface area contributed by atoms with E-state index in [4.69, 9.17) is 9.47 Å². The maximum absolute atomic E-state index is 12.7. The number of nitrogens with one attached hydrogen (secondary N) is 2. The number of hydrogen-bond acceptors (Lipinski definition) is 6. The second-order valence-electron chi connectivity index (χ2n) is 6.15. The van der Waals surface area contributed by atoms with Gasteiger partial charge in [0.15, 0.2) is 0 Å². The Hall–Kier alpha value is -3.61. The second kappa shape index (κ2) is 8.39. The summed E-state index contributed by atoms with van der Waals surface area (Å²) < 4.78 is 10.6. The summed E-state index contributed by atoms with van der Waals surface area (Å²) in [6, 6.07) is 14.6. The number of aromatic nitrogens is 2. The molecule has 1 aromatic heterocycles. The number of ether oxygens (including phenoxy) is 2. The Kier molecular flexibility index (Phi) is 5.74. The third-order valence-electron chi connectivity index (χ3n) is 4.13. The first-order valence-electron chi connectivity index (χ1n) is 8.72. The zero-order chi connectivity index (χ0) is 20.1. The molecule has 0 radical (unpaired) electrons. The molecule has 144 valence electrons. The van der Waals surface area contributed by atoms with Gasteiger partial charge in [-0.25, -0.2) is 9.97 Å². The number of hydrogen-bond donors (Lipinski definition) is 2. The highest BCUT2D eigenvalue weighted by atomic mass is 16.5. The van der Waals surface area contributed by atoms with E-state index in [1.165, 1.54) is 0 Å². The lowest BCUT2D eigenvalue weighted by Gasteiger charge is -2.13. The molecule has 28 heavy (non-hydrogen) atoms. The third kappa shape index (κ3) is 4.37. The van der Waals surface area contributed by atoms with Gasteiger partial charge in [0.05, 0.1) is 19.9 Å². The molecule has 0 fully saturated rings. The Balaban J connectivity index is 1.88. The molecule has 7 nitrogen and oxygen atoms in total. The molecule has 0 aliphatic carbocycles. The van der Waals surface area contributed by atoms with Crippen LogP contribution in [0.4, 0.5) is 17.2 Å². The summed E-state index contributed by atoms with van der Waals surface area (Å²) in [6.45, 7) is 3.67. The normalized spacial score (nSPS) is 10.3. The number of para-hydroxylation sites is 1. The van der Waals surface area contributed by atoms with Gasteiger partial charge in [-0.2, -0.15) is 0 Å². The van der Waals surface area contributed by atoms with Crippen LogP contribution in [0.3, 0.4) is 0 Å². The minimum atomic E-state index is -0.305. The lowest BCUT2D eigenvalue weighted by molar-refractivity contribution is 0.102. The fourth-order valence-corrected chi connectivity index (χ4v) is 2.70. The number of nitrogens with zero attached hydrogens (tertiary/aromatic N) is 2. The van der Waals surface area contributed by atoms with E-state index in [0.29, 0.717) is 28.8 Å². The number of benzene rings is 2. The van der Waals surface area contributed by atoms with Crippen molar-refractivity contribution < 1.29 is 14.3 Å². The number of methoxy groups -OCH3 is 2. The highest BCUT2D eigenvalue weighted by Gasteiger charge is 2.13. The smallest absolute Gasteiger partial charge is 0.274 e. The van der Waals surface area contributed by atoms with Crippen LogP contribution in [-0.4, -0.2) is 30.1 Å². The van der Waals surface area contributed by atoms with Crippen molar-refractivity contribution >= 4 is 23.1 Å². The minimum absolute atomic E-state index is 0.264. The number of amides is 1. The number of rotatable bonds is 6. The maximum atomic E-state index is 12.7. The van der Waals surface area contributed by atoms with Crippen LogP contribution in [0.5, 0.6) is 11.5 Å². The van der Waals surface area contributed by atoms with Crippen LogP contribution >= 0.6 is 0 Å². The van der Waals surface area contributed by atoms with E-state index >= 15 is 0 Å². The van der Waals surface area contributed by atoms with Gasteiger partial charge in [0, 0.05) is 17.8 Å². The van der Waals surface area contributed by atoms with Gasteiger partial charge in [-0.15, -0.1) is 0 Å². The van der Waals surface area contributed by atoms with E-state index in [-0.39, 0.29) is 11.6 Å². The van der Waals surface area contributed by atoms with Gasteiger partial charge in [-0.05, 0) is 37.6 Å². The molecular formula is C21H22N4O3. The van der Waals surface area contributed by atoms with Crippen LogP contribution < -0.4 is 20.1 Å². The minimum Gasteiger partial charge on any atom is -0.497 e. The molecular weight excluding hydrogens is 356 g/mol. The van der Waals surface area contributed by atoms with Crippen molar-refractivity contribution in [3.8, 4) is 11.5 Å². The molecule has 0 bridgehead atoms. The van der Waals surface area contributed by atoms with Crippen LogP contribution in [0.25, 0.3) is 0 Å². The predicted octanol–water partition coefficient (Wildman–Crippen LogP) is 4.11. The Morgan fingerprint density at radius 1 is 0.929 bits per heavy atom. The van der Waals surface area contributed by atoms with E-state index in [2.05, 4.69) is 20.6 Å². The number of aryl methyl sites for hydroxylation is 2. The summed E-state index contributed by atoms with van der Waals surface area (Å²) in [5.41, 5.74) is 2.65. The molecule has 3 rings (SSSR count). The van der Waals surface area contributed by atoms with E-state index in [0.717, 1.165) is 11.3 Å². The zero-order valence-electron chi connectivity index (χ0n) is 16.2. The average molecular weight is 378 g/mol. The van der Waals surface area contributed by atoms with E-state index in [9.17, 15) is 4.79 Å². The van der Waals surface area contributed by atoms with Crippen molar-refractivity contribution in [1.82, 2.24) is 9.97 Å². The molecule has 0 spiro atoms. The Morgan fingerprint density at radius 2 is 1.71 bits per heavy atom. The van der Waals surface area contributed by atoms with Crippen molar-refractivity contribution in [2.24, 2.45) is 0 Å². The van der Waals surface area contributed by atoms with Gasteiger partial charge in [-0.1, -0.05) is 18.2 Å². The van der Waals surface area contributed by atoms with E-state index < -0.39 is 0 Å². The molecule has 2 aromatic carbocycles. The fourth-order valence-electron chi connectivity index (χ4n) is 2.70. The standard InChI is InChI=1S/C21H22N4O3/c1-13-7-5-6-8-16(13)25-21(26)18-12-20(23-14(2)22-18)24-17-11-15(27-3)9-10-19(17)28-4/h5-12H,1-4H3,(H,25,26)(H,22,23,24). The molecule has 0 atom stereocenters. The van der Waals surface area contributed by atoms with Gasteiger partial charge in [0.2, 0.25) is 0 Å². The number of anilines is 3. The molecule has 1 heterocycles. The zero-order valence-corrected chi connectivity index (χ0v) is 16.2. The number of carbonyl (C=O) groups is 1. The monoisotopic (exact) mass is 378 g/mol. The maximum Gasteiger partial charge on any atom is 0.274 e. The SMILES string of the molecule is COc1ccc(OC)c(Nc2cc(C(=O)Nc3ccccc3C)nc(C)n2)c1. The fraction of sp³-hybridized carbons (Fsp3) is 0.190. The van der Waals surface area contributed by atoms with Crippen molar-refractivity contribution in [2.45, 2.75) is 13.8 Å². The van der Waals surface area contributed by atoms with E-state index in [1.54, 1.807) is 45.4 Å². The molecule has 1 amide bonds. The molecule has 0 saturated heterocycles. The molecule has 7 heteroatoms. The van der Waals surface area contributed by atoms with Gasteiger partial charge in [-0.3, -0.25) is 4.79 Å². The third-order valence-corrected chi connectivity index (χ3v) is 4.13. The van der Waals surface area contributed by atoms with Crippen molar-refractivity contribution in [1.29, 1.82) is 0 Å². The summed E-state index contributed by atoms with van der Waals surface area (Å²) >= 11 is 0. The Morgan fingerprint density at radius 3 is 2.43 bits per heavy atom.